The molecule has 1 aromatic carbocycles. The van der Waals surface area contributed by atoms with Crippen molar-refractivity contribution in [3.63, 3.8) is 0 Å². The zero-order valence-corrected chi connectivity index (χ0v) is 19.3. The second-order valence-corrected chi connectivity index (χ2v) is 9.07. The van der Waals surface area contributed by atoms with E-state index in [0.29, 0.717) is 28.6 Å². The predicted molar refractivity (Wildman–Crippen MR) is 128 cm³/mol. The lowest BCUT2D eigenvalue weighted by atomic mass is 10.0. The SMILES string of the molecule is CCCC(Nc1ccn2ncc(C(=N)SC(=N)N3CCCCC3)c2n1)c1cc(F)ccc1F. The molecule has 0 saturated carbocycles. The van der Waals surface area contributed by atoms with Crippen LogP contribution < -0.4 is 5.32 Å². The normalized spacial score (nSPS) is 14.9. The van der Waals surface area contributed by atoms with Crippen LogP contribution in [0.3, 0.4) is 0 Å². The molecule has 1 aliphatic rings. The van der Waals surface area contributed by atoms with Gasteiger partial charge in [-0.1, -0.05) is 13.3 Å². The Morgan fingerprint density at radius 2 is 1.97 bits per heavy atom. The fourth-order valence-corrected chi connectivity index (χ4v) is 4.74. The Bertz CT molecular complexity index is 1160. The lowest BCUT2D eigenvalue weighted by molar-refractivity contribution is 0.346. The van der Waals surface area contributed by atoms with E-state index in [2.05, 4.69) is 15.4 Å². The molecule has 3 aromatic rings. The summed E-state index contributed by atoms with van der Waals surface area (Å²) in [7, 11) is 0. The average Bonchev–Trinajstić information content (AvgIpc) is 3.24. The smallest absolute Gasteiger partial charge is 0.167 e. The standard InChI is InChI=1S/C23H27F2N7S/c1-2-6-19(16-13-15(24)7-8-18(16)25)29-20-9-12-32-22(30-20)17(14-28-32)21(26)33-23(27)31-10-4-3-5-11-31/h7-9,12-14,19,26-27H,2-6,10-11H2,1H3,(H,29,30). The average molecular weight is 472 g/mol. The van der Waals surface area contributed by atoms with Crippen LogP contribution in [0, 0.1) is 22.5 Å². The molecule has 1 aliphatic heterocycles. The van der Waals surface area contributed by atoms with E-state index < -0.39 is 17.7 Å². The molecule has 3 heterocycles. The molecule has 0 spiro atoms. The number of likely N-dealkylation sites (tertiary alicyclic amines) is 1. The van der Waals surface area contributed by atoms with Crippen LogP contribution in [0.5, 0.6) is 0 Å². The maximum absolute atomic E-state index is 14.4. The van der Waals surface area contributed by atoms with E-state index >= 15 is 0 Å². The predicted octanol–water partition coefficient (Wildman–Crippen LogP) is 5.44. The van der Waals surface area contributed by atoms with Gasteiger partial charge in [0.15, 0.2) is 10.8 Å². The Morgan fingerprint density at radius 3 is 2.73 bits per heavy atom. The van der Waals surface area contributed by atoms with Gasteiger partial charge >= 0.3 is 0 Å². The molecule has 1 atom stereocenters. The summed E-state index contributed by atoms with van der Waals surface area (Å²) in [6.45, 7) is 3.67. The highest BCUT2D eigenvalue weighted by molar-refractivity contribution is 8.26. The number of anilines is 1. The van der Waals surface area contributed by atoms with Gasteiger partial charge in [-0.05, 0) is 61.7 Å². The van der Waals surface area contributed by atoms with Crippen LogP contribution in [0.1, 0.15) is 56.2 Å². The molecule has 0 bridgehead atoms. The zero-order valence-electron chi connectivity index (χ0n) is 18.4. The molecule has 10 heteroatoms. The van der Waals surface area contributed by atoms with Gasteiger partial charge in [0.2, 0.25) is 0 Å². The van der Waals surface area contributed by atoms with Gasteiger partial charge in [0.05, 0.1) is 17.8 Å². The summed E-state index contributed by atoms with van der Waals surface area (Å²) in [5.74, 6) is -0.476. The molecule has 1 fully saturated rings. The van der Waals surface area contributed by atoms with Gasteiger partial charge in [0.25, 0.3) is 0 Å². The van der Waals surface area contributed by atoms with Crippen molar-refractivity contribution in [1.82, 2.24) is 19.5 Å². The number of nitrogens with one attached hydrogen (secondary N) is 3. The topological polar surface area (TPSA) is 93.2 Å². The monoisotopic (exact) mass is 471 g/mol. The molecule has 1 saturated heterocycles. The number of hydrogen-bond acceptors (Lipinski definition) is 6. The minimum atomic E-state index is -0.489. The fraction of sp³-hybridized carbons (Fsp3) is 0.391. The molecule has 2 aromatic heterocycles. The lowest BCUT2D eigenvalue weighted by Crippen LogP contribution is -2.33. The van der Waals surface area contributed by atoms with Crippen molar-refractivity contribution in [1.29, 1.82) is 10.8 Å². The minimum Gasteiger partial charge on any atom is -0.363 e. The number of thioether (sulfide) groups is 1. The highest BCUT2D eigenvalue weighted by Gasteiger charge is 2.20. The molecule has 33 heavy (non-hydrogen) atoms. The van der Waals surface area contributed by atoms with Gasteiger partial charge in [-0.2, -0.15) is 5.10 Å². The quantitative estimate of drug-likeness (QED) is 0.329. The summed E-state index contributed by atoms with van der Waals surface area (Å²) in [5.41, 5.74) is 1.25. The Kier molecular flexibility index (Phi) is 7.22. The molecule has 0 radical (unpaired) electrons. The van der Waals surface area contributed by atoms with Crippen molar-refractivity contribution in [3.8, 4) is 0 Å². The number of amidine groups is 1. The van der Waals surface area contributed by atoms with E-state index in [4.69, 9.17) is 10.8 Å². The largest absolute Gasteiger partial charge is 0.363 e. The number of rotatable bonds is 6. The number of nitrogens with zero attached hydrogens (tertiary/aromatic N) is 4. The van der Waals surface area contributed by atoms with Crippen LogP contribution in [-0.2, 0) is 0 Å². The van der Waals surface area contributed by atoms with Crippen molar-refractivity contribution in [3.05, 3.63) is 59.4 Å². The lowest BCUT2D eigenvalue weighted by Gasteiger charge is -2.28. The van der Waals surface area contributed by atoms with E-state index in [1.165, 1.54) is 12.5 Å². The first kappa shape index (κ1) is 23.2. The number of aromatic nitrogens is 3. The van der Waals surface area contributed by atoms with E-state index in [0.717, 1.165) is 56.2 Å². The highest BCUT2D eigenvalue weighted by Crippen LogP contribution is 2.27. The van der Waals surface area contributed by atoms with Gasteiger partial charge in [0.1, 0.15) is 22.5 Å². The first-order valence-corrected chi connectivity index (χ1v) is 11.9. The zero-order chi connectivity index (χ0) is 23.4. The molecule has 7 nitrogen and oxygen atoms in total. The molecule has 0 amide bonds. The second kappa shape index (κ2) is 10.3. The van der Waals surface area contributed by atoms with Crippen molar-refractivity contribution >= 4 is 33.4 Å². The minimum absolute atomic E-state index is 0.200. The molecule has 1 unspecified atom stereocenters. The summed E-state index contributed by atoms with van der Waals surface area (Å²) in [6, 6.07) is 4.72. The van der Waals surface area contributed by atoms with Crippen LogP contribution in [0.15, 0.2) is 36.7 Å². The van der Waals surface area contributed by atoms with Gasteiger partial charge in [-0.15, -0.1) is 0 Å². The van der Waals surface area contributed by atoms with Crippen LogP contribution in [0.2, 0.25) is 0 Å². The number of hydrogen-bond donors (Lipinski definition) is 3. The summed E-state index contributed by atoms with van der Waals surface area (Å²) in [5, 5.41) is 24.9. The molecular weight excluding hydrogens is 444 g/mol. The van der Waals surface area contributed by atoms with Crippen LogP contribution in [-0.4, -0.2) is 42.8 Å². The third kappa shape index (κ3) is 5.32. The molecule has 3 N–H and O–H groups in total. The Hall–Kier alpha value is -3.01. The summed E-state index contributed by atoms with van der Waals surface area (Å²) in [6.07, 6.45) is 7.96. The van der Waals surface area contributed by atoms with Crippen molar-refractivity contribution < 1.29 is 8.78 Å². The summed E-state index contributed by atoms with van der Waals surface area (Å²) >= 11 is 1.09. The van der Waals surface area contributed by atoms with Crippen molar-refractivity contribution in [2.45, 2.75) is 45.1 Å². The van der Waals surface area contributed by atoms with Gasteiger partial charge in [-0.3, -0.25) is 10.8 Å². The summed E-state index contributed by atoms with van der Waals surface area (Å²) < 4.78 is 29.7. The van der Waals surface area contributed by atoms with Crippen LogP contribution in [0.4, 0.5) is 14.6 Å². The van der Waals surface area contributed by atoms with E-state index in [1.54, 1.807) is 23.0 Å². The fourth-order valence-electron chi connectivity index (χ4n) is 3.98. The van der Waals surface area contributed by atoms with E-state index in [-0.39, 0.29) is 10.6 Å². The maximum Gasteiger partial charge on any atom is 0.167 e. The first-order chi connectivity index (χ1) is 16.0. The van der Waals surface area contributed by atoms with Crippen LogP contribution >= 0.6 is 11.8 Å². The number of benzene rings is 1. The Morgan fingerprint density at radius 1 is 1.18 bits per heavy atom. The van der Waals surface area contributed by atoms with Crippen molar-refractivity contribution in [2.24, 2.45) is 0 Å². The highest BCUT2D eigenvalue weighted by atomic mass is 32.2. The van der Waals surface area contributed by atoms with Crippen molar-refractivity contribution in [2.75, 3.05) is 18.4 Å². The number of fused-ring (bicyclic) bond motifs is 1. The van der Waals surface area contributed by atoms with Gasteiger partial charge < -0.3 is 10.2 Å². The number of piperidine rings is 1. The van der Waals surface area contributed by atoms with E-state index in [9.17, 15) is 8.78 Å². The second-order valence-electron chi connectivity index (χ2n) is 8.07. The first-order valence-electron chi connectivity index (χ1n) is 11.1. The maximum atomic E-state index is 14.4. The molecular formula is C23H27F2N7S. The molecule has 174 valence electrons. The molecule has 0 aliphatic carbocycles. The summed E-state index contributed by atoms with van der Waals surface area (Å²) in [4.78, 5) is 6.61. The Balaban J connectivity index is 1.56. The van der Waals surface area contributed by atoms with Gasteiger partial charge in [0, 0.05) is 24.8 Å². The third-order valence-electron chi connectivity index (χ3n) is 5.69. The molecule has 4 rings (SSSR count). The van der Waals surface area contributed by atoms with Crippen LogP contribution in [0.25, 0.3) is 5.65 Å². The third-order valence-corrected chi connectivity index (χ3v) is 6.56. The Labute approximate surface area is 195 Å². The van der Waals surface area contributed by atoms with E-state index in [1.807, 2.05) is 11.8 Å². The van der Waals surface area contributed by atoms with Gasteiger partial charge in [-0.25, -0.2) is 18.3 Å². The number of halogens is 2.